The zero-order valence-corrected chi connectivity index (χ0v) is 30.6. The number of aliphatic hydroxyl groups excluding tert-OH is 1. The zero-order chi connectivity index (χ0) is 34.4. The van der Waals surface area contributed by atoms with Crippen LogP contribution in [0.1, 0.15) is 79.2 Å². The number of aliphatic carboxylic acids is 1. The van der Waals surface area contributed by atoms with E-state index in [-0.39, 0.29) is 36.7 Å². The lowest BCUT2D eigenvalue weighted by molar-refractivity contribution is -0.305. The second kappa shape index (κ2) is 19.2. The molecule has 1 aromatic rings. The quantitative estimate of drug-likeness (QED) is 0.0796. The maximum absolute atomic E-state index is 13.4. The lowest BCUT2D eigenvalue weighted by Gasteiger charge is -2.35. The van der Waals surface area contributed by atoms with Crippen molar-refractivity contribution < 1.29 is 41.8 Å². The Hall–Kier alpha value is -1.93. The Morgan fingerprint density at radius 2 is 1.65 bits per heavy atom. The Balaban J connectivity index is 2.40. The number of hydrogen-bond donors (Lipinski definition) is 1. The van der Waals surface area contributed by atoms with Crippen molar-refractivity contribution in [2.75, 3.05) is 6.61 Å². The van der Waals surface area contributed by atoms with Crippen LogP contribution in [0.25, 0.3) is 0 Å². The number of carbonyl (C=O) groups excluding carboxylic acids is 1. The van der Waals surface area contributed by atoms with E-state index in [1.54, 1.807) is 0 Å². The van der Waals surface area contributed by atoms with E-state index in [1.165, 1.54) is 12.1 Å². The molecule has 0 bridgehead atoms. The van der Waals surface area contributed by atoms with Gasteiger partial charge in [-0.25, -0.2) is 0 Å². The SMILES string of the molecule is CC[Si](CC)(CC)O[C@H](/C=C/[C@@H]1[C@@H](CC=CCCCC(=O)[O-])[C@@H](O)C[C@H]1O[Si](CC)(CC)CC)COc1cccc(C(F)(F)F)c1. The molecule has 0 heterocycles. The van der Waals surface area contributed by atoms with Gasteiger partial charge >= 0.3 is 6.18 Å². The Morgan fingerprint density at radius 3 is 2.22 bits per heavy atom. The van der Waals surface area contributed by atoms with Crippen LogP contribution in [0.5, 0.6) is 5.75 Å². The molecule has 1 aliphatic carbocycles. The molecule has 2 rings (SSSR count). The van der Waals surface area contributed by atoms with Crippen LogP contribution in [-0.2, 0) is 19.8 Å². The lowest BCUT2D eigenvalue weighted by atomic mass is 9.89. The van der Waals surface area contributed by atoms with Crippen molar-refractivity contribution in [3.63, 3.8) is 0 Å². The summed E-state index contributed by atoms with van der Waals surface area (Å²) in [5, 5.41) is 22.0. The summed E-state index contributed by atoms with van der Waals surface area (Å²) < 4.78 is 59.8. The van der Waals surface area contributed by atoms with E-state index in [0.717, 1.165) is 48.4 Å². The average molecular weight is 686 g/mol. The predicted octanol–water partition coefficient (Wildman–Crippen LogP) is 8.28. The van der Waals surface area contributed by atoms with Crippen LogP contribution >= 0.6 is 0 Å². The number of allylic oxidation sites excluding steroid dienone is 2. The number of aliphatic hydroxyl groups is 1. The predicted molar refractivity (Wildman–Crippen MR) is 180 cm³/mol. The molecule has 1 N–H and O–H groups in total. The number of halogens is 3. The Bertz CT molecular complexity index is 1090. The minimum absolute atomic E-state index is 0.0114. The van der Waals surface area contributed by atoms with Crippen LogP contribution in [0, 0.1) is 11.8 Å². The van der Waals surface area contributed by atoms with Crippen molar-refractivity contribution in [2.24, 2.45) is 11.8 Å². The van der Waals surface area contributed by atoms with Gasteiger partial charge in [-0.1, -0.05) is 71.9 Å². The topological polar surface area (TPSA) is 88.1 Å². The van der Waals surface area contributed by atoms with Crippen LogP contribution in [0.2, 0.25) is 36.3 Å². The van der Waals surface area contributed by atoms with Crippen molar-refractivity contribution in [1.82, 2.24) is 0 Å². The van der Waals surface area contributed by atoms with E-state index >= 15 is 0 Å². The van der Waals surface area contributed by atoms with Crippen molar-refractivity contribution in [1.29, 1.82) is 0 Å². The fourth-order valence-corrected chi connectivity index (χ4v) is 12.2. The monoisotopic (exact) mass is 685 g/mol. The first-order valence-electron chi connectivity index (χ1n) is 17.2. The smallest absolute Gasteiger partial charge is 0.416 e. The van der Waals surface area contributed by atoms with Gasteiger partial charge in [-0.3, -0.25) is 0 Å². The van der Waals surface area contributed by atoms with Gasteiger partial charge in [0.05, 0.1) is 23.9 Å². The number of benzene rings is 1. The van der Waals surface area contributed by atoms with E-state index < -0.39 is 46.6 Å². The number of ether oxygens (including phenoxy) is 1. The number of rotatable bonds is 21. The van der Waals surface area contributed by atoms with Gasteiger partial charge < -0.3 is 28.6 Å². The molecule has 0 spiro atoms. The van der Waals surface area contributed by atoms with Crippen LogP contribution in [0.4, 0.5) is 13.2 Å². The number of unbranched alkanes of at least 4 members (excludes halogenated alkanes) is 1. The molecule has 6 nitrogen and oxygen atoms in total. The van der Waals surface area contributed by atoms with Gasteiger partial charge in [0, 0.05) is 11.9 Å². The average Bonchev–Trinajstić information content (AvgIpc) is 3.33. The van der Waals surface area contributed by atoms with Crippen LogP contribution in [0.15, 0.2) is 48.6 Å². The minimum atomic E-state index is -4.47. The first-order valence-corrected chi connectivity index (χ1v) is 22.2. The second-order valence-electron chi connectivity index (χ2n) is 12.5. The lowest BCUT2D eigenvalue weighted by Crippen LogP contribution is -2.42. The van der Waals surface area contributed by atoms with Crippen molar-refractivity contribution in [3.8, 4) is 5.75 Å². The van der Waals surface area contributed by atoms with Gasteiger partial charge in [0.15, 0.2) is 16.6 Å². The highest BCUT2D eigenvalue weighted by Gasteiger charge is 2.45. The van der Waals surface area contributed by atoms with E-state index in [4.69, 9.17) is 13.6 Å². The Kier molecular flexibility index (Phi) is 16.8. The molecule has 5 atom stereocenters. The van der Waals surface area contributed by atoms with Gasteiger partial charge in [-0.2, -0.15) is 13.2 Å². The molecule has 0 aromatic heterocycles. The van der Waals surface area contributed by atoms with E-state index in [0.29, 0.717) is 25.7 Å². The summed E-state index contributed by atoms with van der Waals surface area (Å²) >= 11 is 0. The molecule has 0 amide bonds. The van der Waals surface area contributed by atoms with Crippen LogP contribution < -0.4 is 9.84 Å². The minimum Gasteiger partial charge on any atom is -0.550 e. The third-order valence-electron chi connectivity index (χ3n) is 10.0. The van der Waals surface area contributed by atoms with Gasteiger partial charge in [0.1, 0.15) is 12.4 Å². The van der Waals surface area contributed by atoms with Gasteiger partial charge in [-0.15, -0.1) is 0 Å². The summed E-state index contributed by atoms with van der Waals surface area (Å²) in [7, 11) is -4.12. The third-order valence-corrected chi connectivity index (χ3v) is 19.3. The normalized spacial score (nSPS) is 21.8. The fourth-order valence-electron chi connectivity index (χ4n) is 6.51. The standard InChI is InChI=1S/C35H57F3O6Si2/c1-7-45(8-2,9-3)43-29(26-42-28-19-17-18-27(24-28)35(36,37)38)22-23-31-30(20-15-13-14-16-21-34(40)41)32(39)25-33(31)44-46(10-4,11-5)12-6/h13,15,17-19,22-24,29-33,39H,7-12,14,16,20-21,25-26H2,1-6H3,(H,40,41)/p-1/b15-13?,23-22+/t29-,30-,31-,32+,33-/m1/s1. The van der Waals surface area contributed by atoms with E-state index in [2.05, 4.69) is 47.6 Å². The summed E-state index contributed by atoms with van der Waals surface area (Å²) in [6, 6.07) is 10.6. The number of carboxylic acid groups (broad SMARTS) is 1. The summed E-state index contributed by atoms with van der Waals surface area (Å²) in [4.78, 5) is 10.8. The van der Waals surface area contributed by atoms with Gasteiger partial charge in [0.2, 0.25) is 0 Å². The summed E-state index contributed by atoms with van der Waals surface area (Å²) in [6.07, 6.45) is 4.66. The molecule has 0 radical (unpaired) electrons. The highest BCUT2D eigenvalue weighted by molar-refractivity contribution is 6.74. The molecule has 1 saturated carbocycles. The Morgan fingerprint density at radius 1 is 1.02 bits per heavy atom. The number of carboxylic acids is 1. The summed E-state index contributed by atoms with van der Waals surface area (Å²) in [6.45, 7) is 13.0. The molecule has 46 heavy (non-hydrogen) atoms. The highest BCUT2D eigenvalue weighted by Crippen LogP contribution is 2.41. The van der Waals surface area contributed by atoms with Gasteiger partial charge in [0.25, 0.3) is 0 Å². The first-order chi connectivity index (χ1) is 21.8. The van der Waals surface area contributed by atoms with Gasteiger partial charge in [-0.05, 0) is 92.5 Å². The molecule has 0 unspecified atom stereocenters. The molecule has 0 aliphatic heterocycles. The molecule has 0 saturated heterocycles. The highest BCUT2D eigenvalue weighted by atomic mass is 28.4. The van der Waals surface area contributed by atoms with Crippen molar-refractivity contribution in [2.45, 2.75) is 134 Å². The maximum atomic E-state index is 13.4. The molecule has 1 fully saturated rings. The summed E-state index contributed by atoms with van der Waals surface area (Å²) in [5.74, 6) is -1.13. The summed E-state index contributed by atoms with van der Waals surface area (Å²) in [5.41, 5.74) is -0.761. The van der Waals surface area contributed by atoms with Crippen LogP contribution in [0.3, 0.4) is 0 Å². The fraction of sp³-hybridized carbons (Fsp3) is 0.686. The molecule has 262 valence electrons. The zero-order valence-electron chi connectivity index (χ0n) is 28.6. The molecule has 1 aromatic carbocycles. The van der Waals surface area contributed by atoms with Crippen molar-refractivity contribution >= 4 is 22.6 Å². The van der Waals surface area contributed by atoms with E-state index in [9.17, 15) is 28.2 Å². The largest absolute Gasteiger partial charge is 0.550 e. The molecule has 1 aliphatic rings. The molecule has 11 heteroatoms. The number of hydrogen-bond acceptors (Lipinski definition) is 6. The maximum Gasteiger partial charge on any atom is 0.416 e. The second-order valence-corrected chi connectivity index (χ2v) is 22.0. The molecular weight excluding hydrogens is 630 g/mol. The number of carbonyl (C=O) groups is 1. The molecular formula is C35H56F3O6Si2-. The van der Waals surface area contributed by atoms with Crippen LogP contribution in [-0.4, -0.2) is 52.6 Å². The number of alkyl halides is 3. The van der Waals surface area contributed by atoms with Crippen molar-refractivity contribution in [3.05, 3.63) is 54.1 Å². The third kappa shape index (κ3) is 11.9. The first kappa shape index (κ1) is 40.2. The van der Waals surface area contributed by atoms with E-state index in [1.807, 2.05) is 18.2 Å². The Labute approximate surface area is 276 Å².